The van der Waals surface area contributed by atoms with Crippen molar-refractivity contribution in [1.29, 1.82) is 0 Å². The largest absolute Gasteiger partial charge is 0.347 e. The highest BCUT2D eigenvalue weighted by molar-refractivity contribution is 7.91. The second-order valence-electron chi connectivity index (χ2n) is 7.33. The summed E-state index contributed by atoms with van der Waals surface area (Å²) in [6, 6.07) is 13.1. The molecule has 0 aliphatic carbocycles. The monoisotopic (exact) mass is 410 g/mol. The Morgan fingerprint density at radius 1 is 1.24 bits per heavy atom. The molecule has 0 radical (unpaired) electrons. The van der Waals surface area contributed by atoms with E-state index in [1.54, 1.807) is 23.1 Å². The highest BCUT2D eigenvalue weighted by Crippen LogP contribution is 2.30. The number of aryl methyl sites for hydroxylation is 1. The van der Waals surface area contributed by atoms with Gasteiger partial charge in [-0.3, -0.25) is 14.5 Å². The topological polar surface area (TPSA) is 93.9 Å². The summed E-state index contributed by atoms with van der Waals surface area (Å²) in [6.07, 6.45) is 3.87. The number of nitrogens with zero attached hydrogens (tertiary/aromatic N) is 3. The van der Waals surface area contributed by atoms with Crippen molar-refractivity contribution in [3.8, 4) is 11.3 Å². The zero-order chi connectivity index (χ0) is 20.4. The Kier molecular flexibility index (Phi) is 5.19. The Morgan fingerprint density at radius 3 is 2.69 bits per heavy atom. The van der Waals surface area contributed by atoms with Crippen LogP contribution in [0, 0.1) is 6.92 Å². The predicted molar refractivity (Wildman–Crippen MR) is 110 cm³/mol. The third-order valence-corrected chi connectivity index (χ3v) is 6.80. The maximum Gasteiger partial charge on any atom is 0.272 e. The lowest BCUT2D eigenvalue weighted by Gasteiger charge is -2.13. The molecule has 1 aromatic carbocycles. The van der Waals surface area contributed by atoms with Gasteiger partial charge < -0.3 is 5.32 Å². The fourth-order valence-corrected chi connectivity index (χ4v) is 5.16. The molecule has 1 atom stereocenters. The second kappa shape index (κ2) is 7.79. The molecule has 4 rings (SSSR count). The Morgan fingerprint density at radius 2 is 2.03 bits per heavy atom. The molecule has 0 spiro atoms. The number of rotatable bonds is 5. The van der Waals surface area contributed by atoms with E-state index in [1.165, 1.54) is 0 Å². The summed E-state index contributed by atoms with van der Waals surface area (Å²) in [7, 11) is -3.07. The van der Waals surface area contributed by atoms with Crippen molar-refractivity contribution >= 4 is 15.7 Å². The lowest BCUT2D eigenvalue weighted by Crippen LogP contribution is -2.24. The van der Waals surface area contributed by atoms with Crippen LogP contribution in [-0.4, -0.2) is 40.6 Å². The van der Waals surface area contributed by atoms with E-state index in [1.807, 2.05) is 43.3 Å². The maximum absolute atomic E-state index is 12.7. The van der Waals surface area contributed by atoms with Crippen LogP contribution in [0.1, 0.15) is 34.1 Å². The molecule has 2 aromatic heterocycles. The fraction of sp³-hybridized carbons (Fsp3) is 0.286. The van der Waals surface area contributed by atoms with E-state index < -0.39 is 9.84 Å². The molecule has 3 heterocycles. The summed E-state index contributed by atoms with van der Waals surface area (Å²) in [6.45, 7) is 2.35. The van der Waals surface area contributed by atoms with Gasteiger partial charge in [-0.1, -0.05) is 35.9 Å². The van der Waals surface area contributed by atoms with Crippen molar-refractivity contribution in [2.45, 2.75) is 25.9 Å². The van der Waals surface area contributed by atoms with E-state index in [0.29, 0.717) is 13.0 Å². The predicted octanol–water partition coefficient (Wildman–Crippen LogP) is 2.54. The molecule has 0 saturated carbocycles. The summed E-state index contributed by atoms with van der Waals surface area (Å²) < 4.78 is 25.7. The van der Waals surface area contributed by atoms with E-state index >= 15 is 0 Å². The summed E-state index contributed by atoms with van der Waals surface area (Å²) in [5, 5.41) is 7.34. The van der Waals surface area contributed by atoms with Crippen LogP contribution in [0.3, 0.4) is 0 Å². The Balaban J connectivity index is 1.63. The Labute approximate surface area is 169 Å². The second-order valence-corrected chi connectivity index (χ2v) is 9.55. The van der Waals surface area contributed by atoms with Crippen LogP contribution in [-0.2, 0) is 16.4 Å². The Hall–Kier alpha value is -3.00. The van der Waals surface area contributed by atoms with Gasteiger partial charge in [0.15, 0.2) is 15.5 Å². The first kappa shape index (κ1) is 19.3. The average molecular weight is 410 g/mol. The first-order valence-electron chi connectivity index (χ1n) is 9.45. The van der Waals surface area contributed by atoms with Crippen molar-refractivity contribution in [2.24, 2.45) is 0 Å². The SMILES string of the molecule is Cc1ccc(-c2cc(C(=O)NCc3cccnc3)nn2[C@H]2CCS(=O)(=O)C2)cc1. The first-order valence-corrected chi connectivity index (χ1v) is 11.3. The fourth-order valence-electron chi connectivity index (χ4n) is 3.47. The number of nitrogens with one attached hydrogen (secondary N) is 1. The molecule has 1 saturated heterocycles. The van der Waals surface area contributed by atoms with Gasteiger partial charge in [0.2, 0.25) is 0 Å². The molecule has 1 amide bonds. The van der Waals surface area contributed by atoms with E-state index in [4.69, 9.17) is 0 Å². The normalized spacial score (nSPS) is 17.9. The molecule has 1 fully saturated rings. The standard InChI is InChI=1S/C21H22N4O3S/c1-15-4-6-17(7-5-15)20-11-19(21(26)23-13-16-3-2-9-22-12-16)24-25(20)18-8-10-29(27,28)14-18/h2-7,9,11-12,18H,8,10,13-14H2,1H3,(H,23,26)/t18-/m0/s1. The minimum absolute atomic E-state index is 0.0459. The summed E-state index contributed by atoms with van der Waals surface area (Å²) in [5.74, 6) is -0.112. The van der Waals surface area contributed by atoms with E-state index in [-0.39, 0.29) is 29.1 Å². The molecule has 3 aromatic rings. The van der Waals surface area contributed by atoms with Gasteiger partial charge in [-0.2, -0.15) is 5.10 Å². The van der Waals surface area contributed by atoms with Gasteiger partial charge in [-0.15, -0.1) is 0 Å². The van der Waals surface area contributed by atoms with Gasteiger partial charge in [0.1, 0.15) is 0 Å². The Bertz CT molecular complexity index is 1120. The molecule has 150 valence electrons. The van der Waals surface area contributed by atoms with Gasteiger partial charge in [0.05, 0.1) is 23.2 Å². The van der Waals surface area contributed by atoms with E-state index in [0.717, 1.165) is 22.4 Å². The van der Waals surface area contributed by atoms with Crippen LogP contribution in [0.4, 0.5) is 0 Å². The van der Waals surface area contributed by atoms with Crippen LogP contribution >= 0.6 is 0 Å². The number of aromatic nitrogens is 3. The first-order chi connectivity index (χ1) is 13.9. The molecule has 1 N–H and O–H groups in total. The number of hydrogen-bond acceptors (Lipinski definition) is 5. The van der Waals surface area contributed by atoms with Crippen molar-refractivity contribution < 1.29 is 13.2 Å². The molecular weight excluding hydrogens is 388 g/mol. The smallest absolute Gasteiger partial charge is 0.272 e. The molecule has 1 aliphatic rings. The zero-order valence-electron chi connectivity index (χ0n) is 16.1. The molecule has 7 nitrogen and oxygen atoms in total. The number of sulfone groups is 1. The lowest BCUT2D eigenvalue weighted by molar-refractivity contribution is 0.0945. The molecular formula is C21H22N4O3S. The molecule has 29 heavy (non-hydrogen) atoms. The summed E-state index contributed by atoms with van der Waals surface area (Å²) >= 11 is 0. The lowest BCUT2D eigenvalue weighted by atomic mass is 10.1. The van der Waals surface area contributed by atoms with Crippen molar-refractivity contribution in [3.05, 3.63) is 71.7 Å². The quantitative estimate of drug-likeness (QED) is 0.698. The zero-order valence-corrected chi connectivity index (χ0v) is 16.9. The van der Waals surface area contributed by atoms with Crippen LogP contribution in [0.15, 0.2) is 54.9 Å². The number of carbonyl (C=O) groups is 1. The number of pyridine rings is 1. The van der Waals surface area contributed by atoms with Gasteiger partial charge in [-0.25, -0.2) is 8.42 Å². The summed E-state index contributed by atoms with van der Waals surface area (Å²) in [5.41, 5.74) is 3.93. The molecule has 0 unspecified atom stereocenters. The number of carbonyl (C=O) groups excluding carboxylic acids is 1. The van der Waals surface area contributed by atoms with Crippen LogP contribution in [0.2, 0.25) is 0 Å². The van der Waals surface area contributed by atoms with E-state index in [9.17, 15) is 13.2 Å². The highest BCUT2D eigenvalue weighted by atomic mass is 32.2. The highest BCUT2D eigenvalue weighted by Gasteiger charge is 2.32. The van der Waals surface area contributed by atoms with Gasteiger partial charge in [0, 0.05) is 18.9 Å². The van der Waals surface area contributed by atoms with E-state index in [2.05, 4.69) is 15.4 Å². The van der Waals surface area contributed by atoms with Crippen molar-refractivity contribution in [3.63, 3.8) is 0 Å². The maximum atomic E-state index is 12.7. The number of amides is 1. The third kappa shape index (κ3) is 4.37. The van der Waals surface area contributed by atoms with Crippen LogP contribution in [0.5, 0.6) is 0 Å². The van der Waals surface area contributed by atoms with Gasteiger partial charge in [0.25, 0.3) is 5.91 Å². The number of benzene rings is 1. The average Bonchev–Trinajstić information content (AvgIpc) is 3.31. The van der Waals surface area contributed by atoms with Gasteiger partial charge in [-0.05, 0) is 36.6 Å². The minimum atomic E-state index is -3.07. The molecule has 8 heteroatoms. The minimum Gasteiger partial charge on any atom is -0.347 e. The van der Waals surface area contributed by atoms with Crippen molar-refractivity contribution in [2.75, 3.05) is 11.5 Å². The number of hydrogen-bond donors (Lipinski definition) is 1. The molecule has 0 bridgehead atoms. The van der Waals surface area contributed by atoms with Crippen LogP contribution < -0.4 is 5.32 Å². The summed E-state index contributed by atoms with van der Waals surface area (Å²) in [4.78, 5) is 16.7. The third-order valence-electron chi connectivity index (χ3n) is 5.05. The van der Waals surface area contributed by atoms with Crippen LogP contribution in [0.25, 0.3) is 11.3 Å². The molecule has 1 aliphatic heterocycles. The van der Waals surface area contributed by atoms with Crippen molar-refractivity contribution in [1.82, 2.24) is 20.1 Å². The van der Waals surface area contributed by atoms with Gasteiger partial charge >= 0.3 is 0 Å².